The number of aromatic nitrogens is 1. The molecule has 0 aliphatic heterocycles. The minimum absolute atomic E-state index is 0.107. The van der Waals surface area contributed by atoms with E-state index >= 15 is 0 Å². The van der Waals surface area contributed by atoms with Crippen molar-refractivity contribution < 1.29 is 4.79 Å². The van der Waals surface area contributed by atoms with Crippen molar-refractivity contribution in [2.45, 2.75) is 26.7 Å². The van der Waals surface area contributed by atoms with E-state index in [1.54, 1.807) is 19.2 Å². The zero-order valence-electron chi connectivity index (χ0n) is 14.2. The highest BCUT2D eigenvalue weighted by Gasteiger charge is 2.09. The van der Waals surface area contributed by atoms with Gasteiger partial charge in [-0.2, -0.15) is 0 Å². The molecule has 1 heterocycles. The summed E-state index contributed by atoms with van der Waals surface area (Å²) in [6.45, 7) is 8.38. The Labute approximate surface area is 147 Å². The number of hydrogen-bond donors (Lipinski definition) is 2. The van der Waals surface area contributed by atoms with Crippen molar-refractivity contribution in [1.29, 1.82) is 0 Å². The van der Waals surface area contributed by atoms with Gasteiger partial charge in [-0.05, 0) is 32.8 Å². The van der Waals surface area contributed by atoms with E-state index in [2.05, 4.69) is 48.1 Å². The molecule has 2 N–H and O–H groups in total. The molecule has 0 saturated heterocycles. The van der Waals surface area contributed by atoms with E-state index < -0.39 is 0 Å². The van der Waals surface area contributed by atoms with E-state index in [4.69, 9.17) is 11.6 Å². The lowest BCUT2D eigenvalue weighted by molar-refractivity contribution is 0.0953. The summed E-state index contributed by atoms with van der Waals surface area (Å²) in [6, 6.07) is 0. The van der Waals surface area contributed by atoms with Crippen LogP contribution in [0.25, 0.3) is 12.7 Å². The van der Waals surface area contributed by atoms with Gasteiger partial charge < -0.3 is 10.3 Å². The Kier molecular flexibility index (Phi) is 6.44. The zero-order chi connectivity index (χ0) is 17.5. The molecule has 1 aliphatic rings. The fourth-order valence-electron chi connectivity index (χ4n) is 2.44. The molecule has 3 nitrogen and oxygen atoms in total. The van der Waals surface area contributed by atoms with Crippen LogP contribution < -0.4 is 15.9 Å². The van der Waals surface area contributed by atoms with Crippen LogP contribution >= 0.6 is 11.6 Å². The minimum atomic E-state index is -0.107. The van der Waals surface area contributed by atoms with Crippen LogP contribution in [0, 0.1) is 0 Å². The van der Waals surface area contributed by atoms with Gasteiger partial charge in [0.25, 0.3) is 5.91 Å². The summed E-state index contributed by atoms with van der Waals surface area (Å²) >= 11 is 5.85. The highest BCUT2D eigenvalue weighted by atomic mass is 35.5. The number of nitrogens with one attached hydrogen (secondary N) is 2. The minimum Gasteiger partial charge on any atom is -0.361 e. The summed E-state index contributed by atoms with van der Waals surface area (Å²) in [5.74, 6) is -0.107. The van der Waals surface area contributed by atoms with Gasteiger partial charge in [-0.25, -0.2) is 0 Å². The fraction of sp³-hybridized carbons (Fsp3) is 0.250. The van der Waals surface area contributed by atoms with Crippen LogP contribution in [0.15, 0.2) is 52.8 Å². The number of rotatable bonds is 5. The number of carbonyl (C=O) groups is 1. The maximum atomic E-state index is 12.4. The summed E-state index contributed by atoms with van der Waals surface area (Å²) in [5.41, 5.74) is 3.13. The van der Waals surface area contributed by atoms with Crippen molar-refractivity contribution in [2.24, 2.45) is 0 Å². The SMILES string of the molecule is C=c1[nH]cc(C(=O)NCCC2=CC=C(C)C=CC2)/c1=C/C=C(\C)Cl. The van der Waals surface area contributed by atoms with Crippen molar-refractivity contribution in [3.8, 4) is 0 Å². The first kappa shape index (κ1) is 18.1. The maximum absolute atomic E-state index is 12.4. The van der Waals surface area contributed by atoms with Crippen molar-refractivity contribution in [3.63, 3.8) is 0 Å². The molecule has 1 aromatic rings. The Bertz CT molecular complexity index is 833. The summed E-state index contributed by atoms with van der Waals surface area (Å²) in [6.07, 6.45) is 15.5. The highest BCUT2D eigenvalue weighted by molar-refractivity contribution is 6.29. The Morgan fingerprint density at radius 1 is 1.46 bits per heavy atom. The molecule has 0 spiro atoms. The van der Waals surface area contributed by atoms with E-state index in [1.165, 1.54) is 11.1 Å². The van der Waals surface area contributed by atoms with Gasteiger partial charge in [0.05, 0.1) is 5.56 Å². The Hall–Kier alpha value is -2.26. The number of halogens is 1. The molecule has 24 heavy (non-hydrogen) atoms. The largest absolute Gasteiger partial charge is 0.361 e. The third-order valence-corrected chi connectivity index (χ3v) is 3.93. The fourth-order valence-corrected chi connectivity index (χ4v) is 2.50. The van der Waals surface area contributed by atoms with Crippen molar-refractivity contribution in [3.05, 3.63) is 68.9 Å². The van der Waals surface area contributed by atoms with Gasteiger partial charge in [0.2, 0.25) is 0 Å². The number of aromatic amines is 1. The molecule has 4 heteroatoms. The molecule has 0 unspecified atom stereocenters. The summed E-state index contributed by atoms with van der Waals surface area (Å²) in [7, 11) is 0. The number of amides is 1. The van der Waals surface area contributed by atoms with Gasteiger partial charge in [-0.15, -0.1) is 0 Å². The van der Waals surface area contributed by atoms with Crippen molar-refractivity contribution in [2.75, 3.05) is 6.54 Å². The van der Waals surface area contributed by atoms with Crippen LogP contribution in [0.3, 0.4) is 0 Å². The van der Waals surface area contributed by atoms with Crippen LogP contribution in [0.1, 0.15) is 37.0 Å². The lowest BCUT2D eigenvalue weighted by atomic mass is 10.1. The van der Waals surface area contributed by atoms with Crippen LogP contribution in [0.2, 0.25) is 0 Å². The van der Waals surface area contributed by atoms with E-state index in [0.29, 0.717) is 22.5 Å². The zero-order valence-corrected chi connectivity index (χ0v) is 14.9. The standard InChI is InChI=1S/C20H23ClN2O/c1-14-5-4-6-17(9-7-14)11-12-22-20(24)19-13-23-16(3)18(19)10-8-15(2)21/h4-5,7-10,13,23H,3,6,11-12H2,1-2H3,(H,22,24)/b15-8+,18-10+. The lowest BCUT2D eigenvalue weighted by Crippen LogP contribution is -2.32. The molecule has 0 radical (unpaired) electrons. The average molecular weight is 343 g/mol. The molecular weight excluding hydrogens is 320 g/mol. The quantitative estimate of drug-likeness (QED) is 0.847. The Balaban J connectivity index is 2.02. The van der Waals surface area contributed by atoms with Crippen LogP contribution in [0.4, 0.5) is 0 Å². The van der Waals surface area contributed by atoms with E-state index in [9.17, 15) is 4.79 Å². The molecule has 1 aromatic heterocycles. The molecule has 1 amide bonds. The van der Waals surface area contributed by atoms with Crippen LogP contribution in [0.5, 0.6) is 0 Å². The molecule has 0 fully saturated rings. The number of allylic oxidation sites excluding steroid dienone is 7. The second-order valence-electron chi connectivity index (χ2n) is 5.86. The normalized spacial score (nSPS) is 15.8. The lowest BCUT2D eigenvalue weighted by Gasteiger charge is -2.06. The Morgan fingerprint density at radius 2 is 2.25 bits per heavy atom. The van der Waals surface area contributed by atoms with E-state index in [0.717, 1.165) is 18.1 Å². The van der Waals surface area contributed by atoms with Gasteiger partial charge >= 0.3 is 0 Å². The number of hydrogen-bond acceptors (Lipinski definition) is 1. The molecule has 0 aromatic carbocycles. The second-order valence-corrected chi connectivity index (χ2v) is 6.46. The average Bonchev–Trinajstić information content (AvgIpc) is 2.77. The third kappa shape index (κ3) is 5.14. The van der Waals surface area contributed by atoms with Crippen LogP contribution in [-0.4, -0.2) is 17.4 Å². The van der Waals surface area contributed by atoms with Gasteiger partial charge in [0, 0.05) is 28.3 Å². The summed E-state index contributed by atoms with van der Waals surface area (Å²) in [5, 5.41) is 5.09. The number of H-pyrrole nitrogens is 1. The Morgan fingerprint density at radius 3 is 3.00 bits per heavy atom. The van der Waals surface area contributed by atoms with Gasteiger partial charge in [0.15, 0.2) is 0 Å². The summed E-state index contributed by atoms with van der Waals surface area (Å²) in [4.78, 5) is 15.4. The molecular formula is C20H23ClN2O. The second kappa shape index (κ2) is 8.55. The van der Waals surface area contributed by atoms with E-state index in [-0.39, 0.29) is 5.91 Å². The first-order valence-electron chi connectivity index (χ1n) is 7.99. The van der Waals surface area contributed by atoms with E-state index in [1.807, 2.05) is 6.08 Å². The molecule has 1 aliphatic carbocycles. The monoisotopic (exact) mass is 342 g/mol. The molecule has 126 valence electrons. The van der Waals surface area contributed by atoms with Gasteiger partial charge in [0.1, 0.15) is 0 Å². The molecule has 0 saturated carbocycles. The first-order chi connectivity index (χ1) is 11.5. The predicted molar refractivity (Wildman–Crippen MR) is 102 cm³/mol. The highest BCUT2D eigenvalue weighted by Crippen LogP contribution is 2.13. The molecule has 0 atom stereocenters. The first-order valence-corrected chi connectivity index (χ1v) is 8.36. The maximum Gasteiger partial charge on any atom is 0.253 e. The topological polar surface area (TPSA) is 44.9 Å². The van der Waals surface area contributed by atoms with Crippen molar-refractivity contribution >= 4 is 30.2 Å². The van der Waals surface area contributed by atoms with Gasteiger partial charge in [-0.1, -0.05) is 59.7 Å². The number of carbonyl (C=O) groups excluding carboxylic acids is 1. The van der Waals surface area contributed by atoms with Gasteiger partial charge in [-0.3, -0.25) is 4.79 Å². The van der Waals surface area contributed by atoms with Crippen molar-refractivity contribution in [1.82, 2.24) is 10.3 Å². The molecule has 2 rings (SSSR count). The smallest absolute Gasteiger partial charge is 0.253 e. The summed E-state index contributed by atoms with van der Waals surface area (Å²) < 4.78 is 0. The third-order valence-electron chi connectivity index (χ3n) is 3.80. The van der Waals surface area contributed by atoms with Crippen LogP contribution in [-0.2, 0) is 0 Å². The predicted octanol–water partition coefficient (Wildman–Crippen LogP) is 3.30. The molecule has 0 bridgehead atoms.